The molecule has 1 fully saturated rings. The van der Waals surface area contributed by atoms with Gasteiger partial charge in [-0.15, -0.1) is 0 Å². The number of rotatable bonds is 5. The Balaban J connectivity index is 1.56. The highest BCUT2D eigenvalue weighted by molar-refractivity contribution is 5.62. The molecule has 8 heteroatoms. The lowest BCUT2D eigenvalue weighted by atomic mass is 10.2. The van der Waals surface area contributed by atoms with Crippen LogP contribution in [0, 0.1) is 13.8 Å². The molecule has 1 saturated heterocycles. The molecule has 27 heavy (non-hydrogen) atoms. The predicted octanol–water partition coefficient (Wildman–Crippen LogP) is 2.50. The summed E-state index contributed by atoms with van der Waals surface area (Å²) in [6.45, 7) is 6.87. The molecular weight excluding hydrogens is 346 g/mol. The Morgan fingerprint density at radius 1 is 1.22 bits per heavy atom. The van der Waals surface area contributed by atoms with E-state index in [4.69, 9.17) is 13.8 Å². The van der Waals surface area contributed by atoms with Crippen molar-refractivity contribution in [2.75, 3.05) is 26.7 Å². The maximum absolute atomic E-state index is 6.02. The van der Waals surface area contributed by atoms with Gasteiger partial charge < -0.3 is 19.1 Å². The third kappa shape index (κ3) is 3.58. The molecule has 1 unspecified atom stereocenters. The minimum absolute atomic E-state index is 0.103. The second-order valence-electron chi connectivity index (χ2n) is 6.75. The van der Waals surface area contributed by atoms with Crippen LogP contribution in [0.4, 0.5) is 0 Å². The summed E-state index contributed by atoms with van der Waals surface area (Å²) in [7, 11) is 2.07. The number of ether oxygens (including phenoxy) is 1. The van der Waals surface area contributed by atoms with E-state index in [1.54, 1.807) is 0 Å². The van der Waals surface area contributed by atoms with Crippen molar-refractivity contribution in [1.29, 1.82) is 0 Å². The fraction of sp³-hybridized carbons (Fsp3) is 0.421. The highest BCUT2D eigenvalue weighted by atomic mass is 16.5. The van der Waals surface area contributed by atoms with Crippen LogP contribution in [0.1, 0.15) is 28.9 Å². The number of hydrogen-bond donors (Lipinski definition) is 1. The fourth-order valence-electron chi connectivity index (χ4n) is 3.20. The van der Waals surface area contributed by atoms with Crippen LogP contribution >= 0.6 is 0 Å². The monoisotopic (exact) mass is 369 g/mol. The molecule has 1 atom stereocenters. The zero-order chi connectivity index (χ0) is 18.8. The lowest BCUT2D eigenvalue weighted by Gasteiger charge is -2.30. The number of aryl methyl sites for hydroxylation is 2. The average Bonchev–Trinajstić information content (AvgIpc) is 3.28. The molecule has 1 aliphatic rings. The summed E-state index contributed by atoms with van der Waals surface area (Å²) in [5.74, 6) is 2.58. The summed E-state index contributed by atoms with van der Waals surface area (Å²) in [6, 6.07) is 7.76. The number of nitrogens with zero attached hydrogens (tertiary/aromatic N) is 4. The van der Waals surface area contributed by atoms with Gasteiger partial charge in [0.2, 0.25) is 0 Å². The molecule has 0 aliphatic carbocycles. The van der Waals surface area contributed by atoms with Gasteiger partial charge in [0.05, 0.1) is 22.9 Å². The molecular formula is C19H23N5O3. The standard InChI is InChI=1S/C19H23N5O3/c1-12-15(13(2)26-22-12)11-25-17-7-5-4-6-14(17)19-21-18(23-27-19)16-10-20-8-9-24(16)3/h4-7,16,20H,8-11H2,1-3H3. The first-order chi connectivity index (χ1) is 13.1. The molecule has 8 nitrogen and oxygen atoms in total. The second kappa shape index (κ2) is 7.50. The molecule has 142 valence electrons. The zero-order valence-electron chi connectivity index (χ0n) is 15.7. The van der Waals surface area contributed by atoms with Crippen molar-refractivity contribution < 1.29 is 13.8 Å². The number of aromatic nitrogens is 3. The molecule has 0 saturated carbocycles. The van der Waals surface area contributed by atoms with Gasteiger partial charge in [-0.2, -0.15) is 4.98 Å². The van der Waals surface area contributed by atoms with Crippen molar-refractivity contribution in [3.63, 3.8) is 0 Å². The van der Waals surface area contributed by atoms with Crippen LogP contribution in [0.5, 0.6) is 5.75 Å². The average molecular weight is 369 g/mol. The van der Waals surface area contributed by atoms with E-state index in [9.17, 15) is 0 Å². The topological polar surface area (TPSA) is 89.5 Å². The lowest BCUT2D eigenvalue weighted by Crippen LogP contribution is -2.44. The van der Waals surface area contributed by atoms with Crippen molar-refractivity contribution in [2.45, 2.75) is 26.5 Å². The van der Waals surface area contributed by atoms with Crippen molar-refractivity contribution in [3.05, 3.63) is 47.1 Å². The summed E-state index contributed by atoms with van der Waals surface area (Å²) in [4.78, 5) is 6.85. The van der Waals surface area contributed by atoms with Gasteiger partial charge in [0.25, 0.3) is 5.89 Å². The minimum Gasteiger partial charge on any atom is -0.488 e. The van der Waals surface area contributed by atoms with Gasteiger partial charge in [-0.3, -0.25) is 4.90 Å². The second-order valence-corrected chi connectivity index (χ2v) is 6.75. The number of piperazine rings is 1. The van der Waals surface area contributed by atoms with Gasteiger partial charge >= 0.3 is 0 Å². The van der Waals surface area contributed by atoms with Gasteiger partial charge in [-0.1, -0.05) is 22.4 Å². The van der Waals surface area contributed by atoms with Crippen LogP contribution in [0.2, 0.25) is 0 Å². The Hall–Kier alpha value is -2.71. The summed E-state index contributed by atoms with van der Waals surface area (Å²) >= 11 is 0. The van der Waals surface area contributed by atoms with Gasteiger partial charge in [-0.05, 0) is 33.0 Å². The number of hydrogen-bond acceptors (Lipinski definition) is 8. The molecule has 3 aromatic rings. The summed E-state index contributed by atoms with van der Waals surface area (Å²) in [5.41, 5.74) is 2.55. The first-order valence-electron chi connectivity index (χ1n) is 9.02. The van der Waals surface area contributed by atoms with Crippen LogP contribution in [0.25, 0.3) is 11.5 Å². The molecule has 2 aromatic heterocycles. The summed E-state index contributed by atoms with van der Waals surface area (Å²) in [6.07, 6.45) is 0. The molecule has 0 bridgehead atoms. The normalized spacial score (nSPS) is 18.0. The lowest BCUT2D eigenvalue weighted by molar-refractivity contribution is 0.190. The summed E-state index contributed by atoms with van der Waals surface area (Å²) in [5, 5.41) is 11.5. The summed E-state index contributed by atoms with van der Waals surface area (Å²) < 4.78 is 16.8. The molecule has 4 rings (SSSR count). The Bertz CT molecular complexity index is 900. The smallest absolute Gasteiger partial charge is 0.261 e. The Labute approximate surface area is 157 Å². The van der Waals surface area contributed by atoms with E-state index in [-0.39, 0.29) is 6.04 Å². The van der Waals surface area contributed by atoms with Crippen LogP contribution in [-0.2, 0) is 6.61 Å². The van der Waals surface area contributed by atoms with Crippen molar-refractivity contribution in [2.24, 2.45) is 0 Å². The van der Waals surface area contributed by atoms with Gasteiger partial charge in [0, 0.05) is 19.6 Å². The highest BCUT2D eigenvalue weighted by Crippen LogP contribution is 2.31. The first kappa shape index (κ1) is 17.7. The van der Waals surface area contributed by atoms with E-state index in [1.807, 2.05) is 38.1 Å². The van der Waals surface area contributed by atoms with Gasteiger partial charge in [0.15, 0.2) is 5.82 Å². The van der Waals surface area contributed by atoms with Gasteiger partial charge in [-0.25, -0.2) is 0 Å². The van der Waals surface area contributed by atoms with Crippen LogP contribution in [0.15, 0.2) is 33.3 Å². The van der Waals surface area contributed by atoms with E-state index in [0.29, 0.717) is 24.1 Å². The van der Waals surface area contributed by atoms with E-state index < -0.39 is 0 Å². The van der Waals surface area contributed by atoms with Crippen molar-refractivity contribution in [3.8, 4) is 17.2 Å². The van der Waals surface area contributed by atoms with Crippen LogP contribution in [0.3, 0.4) is 0 Å². The number of para-hydroxylation sites is 1. The molecule has 0 spiro atoms. The Morgan fingerprint density at radius 2 is 2.07 bits per heavy atom. The largest absolute Gasteiger partial charge is 0.488 e. The van der Waals surface area contributed by atoms with Crippen LogP contribution < -0.4 is 10.1 Å². The Kier molecular flexibility index (Phi) is 4.91. The van der Waals surface area contributed by atoms with Crippen molar-refractivity contribution >= 4 is 0 Å². The zero-order valence-corrected chi connectivity index (χ0v) is 15.7. The number of likely N-dealkylation sites (N-methyl/N-ethyl adjacent to an activating group) is 1. The molecule has 3 heterocycles. The number of nitrogens with one attached hydrogen (secondary N) is 1. The molecule has 1 aliphatic heterocycles. The van der Waals surface area contributed by atoms with E-state index in [2.05, 4.69) is 32.6 Å². The fourth-order valence-corrected chi connectivity index (χ4v) is 3.20. The van der Waals surface area contributed by atoms with Gasteiger partial charge in [0.1, 0.15) is 18.1 Å². The Morgan fingerprint density at radius 3 is 2.85 bits per heavy atom. The van der Waals surface area contributed by atoms with E-state index in [1.165, 1.54) is 0 Å². The SMILES string of the molecule is Cc1noc(C)c1COc1ccccc1-c1nc(C2CNCCN2C)no1. The highest BCUT2D eigenvalue weighted by Gasteiger charge is 2.26. The molecule has 1 N–H and O–H groups in total. The quantitative estimate of drug-likeness (QED) is 0.734. The molecule has 0 amide bonds. The van der Waals surface area contributed by atoms with E-state index >= 15 is 0 Å². The molecule has 1 aromatic carbocycles. The first-order valence-corrected chi connectivity index (χ1v) is 9.02. The van der Waals surface area contributed by atoms with E-state index in [0.717, 1.165) is 42.2 Å². The third-order valence-corrected chi connectivity index (χ3v) is 4.92. The number of benzene rings is 1. The third-order valence-electron chi connectivity index (χ3n) is 4.92. The molecule has 0 radical (unpaired) electrons. The maximum atomic E-state index is 6.02. The predicted molar refractivity (Wildman–Crippen MR) is 98.3 cm³/mol. The van der Waals surface area contributed by atoms with Crippen LogP contribution in [-0.4, -0.2) is 46.9 Å². The maximum Gasteiger partial charge on any atom is 0.261 e. The minimum atomic E-state index is 0.103. The van der Waals surface area contributed by atoms with Crippen molar-refractivity contribution in [1.82, 2.24) is 25.5 Å².